The number of halogens is 4. The van der Waals surface area contributed by atoms with Crippen LogP contribution in [0.1, 0.15) is 12.0 Å². The van der Waals surface area contributed by atoms with E-state index >= 15 is 0 Å². The van der Waals surface area contributed by atoms with E-state index in [-0.39, 0.29) is 12.0 Å². The Balaban J connectivity index is 3.05. The Morgan fingerprint density at radius 2 is 2.12 bits per heavy atom. The maximum absolute atomic E-state index is 12.1. The number of carbonyl (C=O) groups is 1. The topological polar surface area (TPSA) is 26.3 Å². The molecule has 0 saturated heterocycles. The number of benzene rings is 1. The van der Waals surface area contributed by atoms with Gasteiger partial charge < -0.3 is 9.53 Å². The van der Waals surface area contributed by atoms with Crippen molar-refractivity contribution in [1.29, 1.82) is 0 Å². The van der Waals surface area contributed by atoms with Crippen molar-refractivity contribution in [2.45, 2.75) is 12.8 Å². The number of aldehydes is 1. The Morgan fingerprint density at radius 1 is 1.41 bits per heavy atom. The van der Waals surface area contributed by atoms with Gasteiger partial charge in [0, 0.05) is 4.47 Å². The van der Waals surface area contributed by atoms with Crippen LogP contribution in [0.15, 0.2) is 22.7 Å². The molecule has 0 aliphatic heterocycles. The van der Waals surface area contributed by atoms with E-state index in [1.54, 1.807) is 0 Å². The molecule has 0 bridgehead atoms. The molecular formula is C11H6BrF3O2. The molecule has 0 heterocycles. The largest absolute Gasteiger partial charge is 0.573 e. The van der Waals surface area contributed by atoms with E-state index in [1.807, 2.05) is 0 Å². The maximum atomic E-state index is 12.1. The molecule has 0 amide bonds. The van der Waals surface area contributed by atoms with E-state index in [9.17, 15) is 18.0 Å². The van der Waals surface area contributed by atoms with Gasteiger partial charge in [0.1, 0.15) is 12.0 Å². The molecule has 6 heteroatoms. The molecule has 0 unspecified atom stereocenters. The fourth-order valence-electron chi connectivity index (χ4n) is 0.996. The zero-order chi connectivity index (χ0) is 12.9. The number of rotatable bonds is 2. The number of alkyl halides is 3. The van der Waals surface area contributed by atoms with Gasteiger partial charge in [-0.05, 0) is 18.2 Å². The van der Waals surface area contributed by atoms with Gasteiger partial charge in [-0.2, -0.15) is 0 Å². The minimum absolute atomic E-state index is 0.0402. The van der Waals surface area contributed by atoms with Crippen molar-refractivity contribution in [3.05, 3.63) is 28.2 Å². The molecule has 1 aromatic carbocycles. The van der Waals surface area contributed by atoms with Crippen LogP contribution in [0.4, 0.5) is 13.2 Å². The molecule has 0 N–H and O–H groups in total. The quantitative estimate of drug-likeness (QED) is 0.619. The molecule has 0 aliphatic carbocycles. The van der Waals surface area contributed by atoms with E-state index in [1.165, 1.54) is 18.2 Å². The van der Waals surface area contributed by atoms with Crippen LogP contribution in [0.5, 0.6) is 5.75 Å². The molecule has 1 rings (SSSR count). The van der Waals surface area contributed by atoms with Crippen molar-refractivity contribution in [3.8, 4) is 17.6 Å². The summed E-state index contributed by atoms with van der Waals surface area (Å²) in [7, 11) is 0. The third kappa shape index (κ3) is 4.91. The molecule has 0 atom stereocenters. The van der Waals surface area contributed by atoms with E-state index in [0.29, 0.717) is 10.8 Å². The highest BCUT2D eigenvalue weighted by molar-refractivity contribution is 9.10. The monoisotopic (exact) mass is 306 g/mol. The first kappa shape index (κ1) is 13.6. The van der Waals surface area contributed by atoms with E-state index in [4.69, 9.17) is 0 Å². The predicted molar refractivity (Wildman–Crippen MR) is 58.4 cm³/mol. The van der Waals surface area contributed by atoms with Crippen LogP contribution in [-0.4, -0.2) is 12.6 Å². The zero-order valence-corrected chi connectivity index (χ0v) is 9.93. The summed E-state index contributed by atoms with van der Waals surface area (Å²) in [5, 5.41) is 0. The van der Waals surface area contributed by atoms with E-state index in [2.05, 4.69) is 32.5 Å². The number of hydrogen-bond donors (Lipinski definition) is 0. The Hall–Kier alpha value is -1.48. The first-order valence-corrected chi connectivity index (χ1v) is 5.19. The molecule has 0 aromatic heterocycles. The summed E-state index contributed by atoms with van der Waals surface area (Å²) in [6.07, 6.45) is -4.25. The number of carbonyl (C=O) groups excluding carboxylic acids is 1. The van der Waals surface area contributed by atoms with Gasteiger partial charge in [0.05, 0.1) is 12.0 Å². The molecule has 0 radical (unpaired) electrons. The van der Waals surface area contributed by atoms with Gasteiger partial charge >= 0.3 is 6.36 Å². The molecule has 0 fully saturated rings. The summed E-state index contributed by atoms with van der Waals surface area (Å²) < 4.78 is 40.6. The molecular weight excluding hydrogens is 301 g/mol. The van der Waals surface area contributed by atoms with Crippen LogP contribution in [0.2, 0.25) is 0 Å². The van der Waals surface area contributed by atoms with Crippen molar-refractivity contribution in [2.75, 3.05) is 0 Å². The smallest absolute Gasteiger partial charge is 0.404 e. The standard InChI is InChI=1S/C11H6BrF3O2/c12-9-5-4-8(3-1-2-6-16)10(7-9)17-11(13,14)15/h4-7H,2H2. The summed E-state index contributed by atoms with van der Waals surface area (Å²) in [5.74, 6) is 4.46. The summed E-state index contributed by atoms with van der Waals surface area (Å²) in [4.78, 5) is 10.0. The van der Waals surface area contributed by atoms with E-state index in [0.717, 1.165) is 0 Å². The lowest BCUT2D eigenvalue weighted by Crippen LogP contribution is -2.17. The van der Waals surface area contributed by atoms with Gasteiger partial charge in [-0.25, -0.2) is 0 Å². The average Bonchev–Trinajstić information content (AvgIpc) is 2.19. The zero-order valence-electron chi connectivity index (χ0n) is 8.34. The van der Waals surface area contributed by atoms with Crippen molar-refractivity contribution in [1.82, 2.24) is 0 Å². The lowest BCUT2D eigenvalue weighted by atomic mass is 10.2. The highest BCUT2D eigenvalue weighted by Gasteiger charge is 2.32. The van der Waals surface area contributed by atoms with Gasteiger partial charge in [-0.3, -0.25) is 0 Å². The second-order valence-corrected chi connectivity index (χ2v) is 3.78. The van der Waals surface area contributed by atoms with Gasteiger partial charge in [0.2, 0.25) is 0 Å². The highest BCUT2D eigenvalue weighted by atomic mass is 79.9. The minimum Gasteiger partial charge on any atom is -0.404 e. The lowest BCUT2D eigenvalue weighted by Gasteiger charge is -2.10. The SMILES string of the molecule is O=CCC#Cc1ccc(Br)cc1OC(F)(F)F. The van der Waals surface area contributed by atoms with Crippen molar-refractivity contribution < 1.29 is 22.7 Å². The van der Waals surface area contributed by atoms with Crippen molar-refractivity contribution in [2.24, 2.45) is 0 Å². The fourth-order valence-corrected chi connectivity index (χ4v) is 1.34. The van der Waals surface area contributed by atoms with Crippen molar-refractivity contribution >= 4 is 22.2 Å². The summed E-state index contributed by atoms with van der Waals surface area (Å²) in [6.45, 7) is 0. The Kier molecular flexibility index (Phi) is 4.58. The van der Waals surface area contributed by atoms with Crippen molar-refractivity contribution in [3.63, 3.8) is 0 Å². The molecule has 0 aliphatic rings. The van der Waals surface area contributed by atoms with Crippen LogP contribution in [0.3, 0.4) is 0 Å². The minimum atomic E-state index is -4.78. The number of hydrogen-bond acceptors (Lipinski definition) is 2. The van der Waals surface area contributed by atoms with Crippen LogP contribution >= 0.6 is 15.9 Å². The second kappa shape index (κ2) is 5.73. The second-order valence-electron chi connectivity index (χ2n) is 2.86. The molecule has 17 heavy (non-hydrogen) atoms. The molecule has 2 nitrogen and oxygen atoms in total. The first-order valence-electron chi connectivity index (χ1n) is 4.40. The molecule has 1 aromatic rings. The van der Waals surface area contributed by atoms with Gasteiger partial charge in [0.15, 0.2) is 0 Å². The Bertz CT molecular complexity index is 472. The number of ether oxygens (including phenoxy) is 1. The van der Waals surface area contributed by atoms with Crippen LogP contribution in [0, 0.1) is 11.8 Å². The normalized spacial score (nSPS) is 10.4. The summed E-state index contributed by atoms with van der Waals surface area (Å²) in [5.41, 5.74) is 0.0763. The van der Waals surface area contributed by atoms with Crippen LogP contribution < -0.4 is 4.74 Å². The lowest BCUT2D eigenvalue weighted by molar-refractivity contribution is -0.274. The van der Waals surface area contributed by atoms with Crippen LogP contribution in [-0.2, 0) is 4.79 Å². The average molecular weight is 307 g/mol. The fraction of sp³-hybridized carbons (Fsp3) is 0.182. The summed E-state index contributed by atoms with van der Waals surface area (Å²) >= 11 is 3.03. The molecule has 90 valence electrons. The Labute approximate surface area is 104 Å². The summed E-state index contributed by atoms with van der Waals surface area (Å²) in [6, 6.07) is 4.08. The van der Waals surface area contributed by atoms with Gasteiger partial charge in [-0.15, -0.1) is 13.2 Å². The first-order chi connectivity index (χ1) is 7.92. The maximum Gasteiger partial charge on any atom is 0.573 e. The third-order valence-electron chi connectivity index (χ3n) is 1.58. The van der Waals surface area contributed by atoms with Crippen LogP contribution in [0.25, 0.3) is 0 Å². The van der Waals surface area contributed by atoms with Gasteiger partial charge in [0.25, 0.3) is 0 Å². The molecule has 0 spiro atoms. The Morgan fingerprint density at radius 3 is 2.71 bits per heavy atom. The van der Waals surface area contributed by atoms with E-state index < -0.39 is 12.1 Å². The third-order valence-corrected chi connectivity index (χ3v) is 2.07. The predicted octanol–water partition coefficient (Wildman–Crippen LogP) is 3.29. The highest BCUT2D eigenvalue weighted by Crippen LogP contribution is 2.28. The molecule has 0 saturated carbocycles. The van der Waals surface area contributed by atoms with Gasteiger partial charge in [-0.1, -0.05) is 27.8 Å².